The first-order chi connectivity index (χ1) is 10.8. The number of anilines is 1. The fraction of sp³-hybridized carbons (Fsp3) is 0.357. The number of aryl methyl sites for hydroxylation is 1. The number of imidazole rings is 1. The van der Waals surface area contributed by atoms with Crippen molar-refractivity contribution in [2.45, 2.75) is 27.3 Å². The molecule has 9 nitrogen and oxygen atoms in total. The Bertz CT molecular complexity index is 796. The van der Waals surface area contributed by atoms with Gasteiger partial charge >= 0.3 is 11.7 Å². The molecule has 0 aliphatic heterocycles. The molecule has 9 heteroatoms. The number of rotatable bonds is 5. The molecule has 122 valence electrons. The summed E-state index contributed by atoms with van der Waals surface area (Å²) in [6.45, 7) is 4.52. The first-order valence-electron chi connectivity index (χ1n) is 6.85. The molecule has 0 saturated carbocycles. The van der Waals surface area contributed by atoms with Crippen LogP contribution in [0.5, 0.6) is 0 Å². The average Bonchev–Trinajstić information content (AvgIpc) is 2.81. The van der Waals surface area contributed by atoms with E-state index in [2.05, 4.69) is 10.3 Å². The first-order valence-corrected chi connectivity index (χ1v) is 6.85. The number of fused-ring (bicyclic) bond motifs is 1. The minimum Gasteiger partial charge on any atom is -0.464 e. The van der Waals surface area contributed by atoms with E-state index in [9.17, 15) is 19.7 Å². The van der Waals surface area contributed by atoms with Crippen LogP contribution in [0.3, 0.4) is 0 Å². The fourth-order valence-corrected chi connectivity index (χ4v) is 2.31. The second-order valence-electron chi connectivity index (χ2n) is 5.00. The summed E-state index contributed by atoms with van der Waals surface area (Å²) in [6, 6.07) is 1.66. The number of amides is 1. The SMILES string of the molecule is CC(=O)Nc1c(C)cc2ncn(CCOC(C)=O)c2c1[N+](=O)[O-]. The van der Waals surface area contributed by atoms with Gasteiger partial charge in [-0.2, -0.15) is 0 Å². The third kappa shape index (κ3) is 3.44. The van der Waals surface area contributed by atoms with Crippen LogP contribution >= 0.6 is 0 Å². The number of benzene rings is 1. The summed E-state index contributed by atoms with van der Waals surface area (Å²) in [6.07, 6.45) is 1.44. The number of nitrogens with zero attached hydrogens (tertiary/aromatic N) is 3. The van der Waals surface area contributed by atoms with E-state index in [4.69, 9.17) is 4.74 Å². The number of nitro groups is 1. The summed E-state index contributed by atoms with van der Waals surface area (Å²) < 4.78 is 6.38. The van der Waals surface area contributed by atoms with E-state index in [0.717, 1.165) is 0 Å². The fourth-order valence-electron chi connectivity index (χ4n) is 2.31. The van der Waals surface area contributed by atoms with Crippen LogP contribution in [0.25, 0.3) is 11.0 Å². The van der Waals surface area contributed by atoms with Gasteiger partial charge in [-0.05, 0) is 18.6 Å². The quantitative estimate of drug-likeness (QED) is 0.510. The molecule has 0 spiro atoms. The van der Waals surface area contributed by atoms with Gasteiger partial charge in [-0.15, -0.1) is 0 Å². The molecule has 2 rings (SSSR count). The number of hydrogen-bond donors (Lipinski definition) is 1. The van der Waals surface area contributed by atoms with Crippen LogP contribution in [-0.4, -0.2) is 33.0 Å². The Labute approximate surface area is 131 Å². The van der Waals surface area contributed by atoms with Crippen molar-refractivity contribution < 1.29 is 19.2 Å². The van der Waals surface area contributed by atoms with E-state index >= 15 is 0 Å². The number of carbonyl (C=O) groups excluding carboxylic acids is 2. The smallest absolute Gasteiger partial charge is 0.318 e. The lowest BCUT2D eigenvalue weighted by Crippen LogP contribution is -2.12. The van der Waals surface area contributed by atoms with Crippen molar-refractivity contribution in [1.82, 2.24) is 9.55 Å². The van der Waals surface area contributed by atoms with Gasteiger partial charge in [0.05, 0.1) is 23.3 Å². The Morgan fingerprint density at radius 3 is 2.70 bits per heavy atom. The van der Waals surface area contributed by atoms with E-state index < -0.39 is 16.8 Å². The summed E-state index contributed by atoms with van der Waals surface area (Å²) >= 11 is 0. The van der Waals surface area contributed by atoms with Gasteiger partial charge in [0.25, 0.3) is 0 Å². The largest absolute Gasteiger partial charge is 0.464 e. The van der Waals surface area contributed by atoms with Crippen molar-refractivity contribution in [1.29, 1.82) is 0 Å². The van der Waals surface area contributed by atoms with Crippen LogP contribution in [0.1, 0.15) is 19.4 Å². The standard InChI is InChI=1S/C14H16N4O5/c1-8-6-11-13(14(18(21)22)12(8)16-9(2)19)17(7-15-11)4-5-23-10(3)20/h6-7H,4-5H2,1-3H3,(H,16,19). The molecule has 1 aromatic carbocycles. The van der Waals surface area contributed by atoms with E-state index in [1.807, 2.05) is 0 Å². The van der Waals surface area contributed by atoms with Crippen LogP contribution < -0.4 is 5.32 Å². The van der Waals surface area contributed by atoms with Crippen molar-refractivity contribution in [2.24, 2.45) is 0 Å². The van der Waals surface area contributed by atoms with Gasteiger partial charge < -0.3 is 14.6 Å². The third-order valence-electron chi connectivity index (χ3n) is 3.20. The number of esters is 1. The Balaban J connectivity index is 2.57. The summed E-state index contributed by atoms with van der Waals surface area (Å²) in [5.74, 6) is -0.833. The zero-order valence-electron chi connectivity index (χ0n) is 13.0. The molecule has 1 amide bonds. The molecule has 0 fully saturated rings. The zero-order valence-corrected chi connectivity index (χ0v) is 13.0. The molecule has 2 aromatic rings. The molecule has 1 heterocycles. The summed E-state index contributed by atoms with van der Waals surface area (Å²) in [5, 5.41) is 14.0. The highest BCUT2D eigenvalue weighted by atomic mass is 16.6. The Morgan fingerprint density at radius 2 is 2.13 bits per heavy atom. The average molecular weight is 320 g/mol. The van der Waals surface area contributed by atoms with Crippen LogP contribution in [0.4, 0.5) is 11.4 Å². The van der Waals surface area contributed by atoms with Crippen molar-refractivity contribution in [3.8, 4) is 0 Å². The van der Waals surface area contributed by atoms with Gasteiger partial charge in [-0.3, -0.25) is 19.7 Å². The molecular formula is C14H16N4O5. The van der Waals surface area contributed by atoms with Gasteiger partial charge in [-0.25, -0.2) is 4.98 Å². The van der Waals surface area contributed by atoms with Gasteiger partial charge in [-0.1, -0.05) is 0 Å². The van der Waals surface area contributed by atoms with E-state index in [1.54, 1.807) is 13.0 Å². The van der Waals surface area contributed by atoms with Crippen LogP contribution in [0.2, 0.25) is 0 Å². The maximum atomic E-state index is 11.5. The maximum absolute atomic E-state index is 11.5. The molecule has 23 heavy (non-hydrogen) atoms. The number of carbonyl (C=O) groups is 2. The predicted octanol–water partition coefficient (Wildman–Crippen LogP) is 1.77. The second kappa shape index (κ2) is 6.42. The van der Waals surface area contributed by atoms with Crippen molar-refractivity contribution in [3.63, 3.8) is 0 Å². The van der Waals surface area contributed by atoms with Crippen LogP contribution in [0.15, 0.2) is 12.4 Å². The zero-order chi connectivity index (χ0) is 17.1. The number of ether oxygens (including phenoxy) is 1. The molecule has 0 aliphatic rings. The highest BCUT2D eigenvalue weighted by molar-refractivity contribution is 6.00. The van der Waals surface area contributed by atoms with Gasteiger partial charge in [0.15, 0.2) is 0 Å². The number of nitrogens with one attached hydrogen (secondary N) is 1. The van der Waals surface area contributed by atoms with Crippen molar-refractivity contribution in [3.05, 3.63) is 28.1 Å². The van der Waals surface area contributed by atoms with E-state index in [-0.39, 0.29) is 30.0 Å². The lowest BCUT2D eigenvalue weighted by atomic mass is 10.1. The maximum Gasteiger partial charge on any atom is 0.318 e. The lowest BCUT2D eigenvalue weighted by molar-refractivity contribution is -0.382. The molecule has 0 radical (unpaired) electrons. The molecule has 0 unspecified atom stereocenters. The summed E-state index contributed by atoms with van der Waals surface area (Å²) in [4.78, 5) is 37.3. The topological polar surface area (TPSA) is 116 Å². The number of aromatic nitrogens is 2. The molecule has 1 N–H and O–H groups in total. The van der Waals surface area contributed by atoms with E-state index in [1.165, 1.54) is 24.7 Å². The number of nitro benzene ring substituents is 1. The monoisotopic (exact) mass is 320 g/mol. The molecule has 1 aromatic heterocycles. The van der Waals surface area contributed by atoms with Gasteiger partial charge in [0.2, 0.25) is 5.91 Å². The summed E-state index contributed by atoms with van der Waals surface area (Å²) in [7, 11) is 0. The van der Waals surface area contributed by atoms with Gasteiger partial charge in [0.1, 0.15) is 17.8 Å². The van der Waals surface area contributed by atoms with Crippen molar-refractivity contribution >= 4 is 34.3 Å². The van der Waals surface area contributed by atoms with Crippen molar-refractivity contribution in [2.75, 3.05) is 11.9 Å². The molecule has 0 atom stereocenters. The molecular weight excluding hydrogens is 304 g/mol. The highest BCUT2D eigenvalue weighted by Gasteiger charge is 2.25. The second-order valence-corrected chi connectivity index (χ2v) is 5.00. The first kappa shape index (κ1) is 16.4. The Kier molecular flexibility index (Phi) is 4.58. The van der Waals surface area contributed by atoms with E-state index in [0.29, 0.717) is 11.1 Å². The Morgan fingerprint density at radius 1 is 1.43 bits per heavy atom. The highest BCUT2D eigenvalue weighted by Crippen LogP contribution is 2.36. The Hall–Kier alpha value is -2.97. The van der Waals surface area contributed by atoms with Crippen LogP contribution in [-0.2, 0) is 20.9 Å². The minimum atomic E-state index is -0.551. The molecule has 0 aliphatic carbocycles. The third-order valence-corrected chi connectivity index (χ3v) is 3.20. The molecule has 0 saturated heterocycles. The summed E-state index contributed by atoms with van der Waals surface area (Å²) in [5.41, 5.74) is 1.17. The normalized spacial score (nSPS) is 10.6. The lowest BCUT2D eigenvalue weighted by Gasteiger charge is -2.10. The minimum absolute atomic E-state index is 0.0707. The van der Waals surface area contributed by atoms with Gasteiger partial charge in [0, 0.05) is 13.8 Å². The van der Waals surface area contributed by atoms with Crippen LogP contribution in [0, 0.1) is 17.0 Å². The molecule has 0 bridgehead atoms. The number of hydrogen-bond acceptors (Lipinski definition) is 6. The predicted molar refractivity (Wildman–Crippen MR) is 82.1 cm³/mol.